The molecule has 0 aliphatic carbocycles. The van der Waals surface area contributed by atoms with Crippen LogP contribution in [-0.4, -0.2) is 27.7 Å². The monoisotopic (exact) mass is 289 g/mol. The van der Waals surface area contributed by atoms with E-state index in [-0.39, 0.29) is 11.8 Å². The van der Waals surface area contributed by atoms with E-state index in [9.17, 15) is 15.2 Å². The van der Waals surface area contributed by atoms with E-state index in [1.165, 1.54) is 6.07 Å². The number of hydrogen-bond acceptors (Lipinski definition) is 5. The van der Waals surface area contributed by atoms with Gasteiger partial charge in [0.25, 0.3) is 5.69 Å². The highest BCUT2D eigenvalue weighted by Gasteiger charge is 2.10. The summed E-state index contributed by atoms with van der Waals surface area (Å²) < 4.78 is 0. The van der Waals surface area contributed by atoms with E-state index >= 15 is 0 Å². The number of aromatic nitrogens is 1. The van der Waals surface area contributed by atoms with Gasteiger partial charge in [-0.05, 0) is 38.8 Å². The molecule has 1 aromatic heterocycles. The maximum absolute atomic E-state index is 10.9. The van der Waals surface area contributed by atoms with Gasteiger partial charge in [0.15, 0.2) is 0 Å². The predicted molar refractivity (Wildman–Crippen MR) is 82.5 cm³/mol. The summed E-state index contributed by atoms with van der Waals surface area (Å²) in [4.78, 5) is 14.9. The van der Waals surface area contributed by atoms with Gasteiger partial charge in [-0.25, -0.2) is 0 Å². The molecule has 0 bridgehead atoms. The summed E-state index contributed by atoms with van der Waals surface area (Å²) in [6.45, 7) is 4.35. The van der Waals surface area contributed by atoms with Crippen molar-refractivity contribution in [2.75, 3.05) is 11.9 Å². The van der Waals surface area contributed by atoms with Gasteiger partial charge in [0.2, 0.25) is 0 Å². The Kier molecular flexibility index (Phi) is 4.70. The van der Waals surface area contributed by atoms with Gasteiger partial charge >= 0.3 is 0 Å². The first-order chi connectivity index (χ1) is 9.97. The number of aryl methyl sites for hydroxylation is 1. The summed E-state index contributed by atoms with van der Waals surface area (Å²) in [5.41, 5.74) is 2.49. The predicted octanol–water partition coefficient (Wildman–Crippen LogP) is 3.02. The Hall–Kier alpha value is -2.21. The van der Waals surface area contributed by atoms with Crippen molar-refractivity contribution in [2.24, 2.45) is 0 Å². The van der Waals surface area contributed by atoms with E-state index in [0.29, 0.717) is 6.54 Å². The summed E-state index contributed by atoms with van der Waals surface area (Å²) in [6, 6.07) is 6.56. The average molecular weight is 289 g/mol. The lowest BCUT2D eigenvalue weighted by molar-refractivity contribution is -0.384. The molecule has 1 heterocycles. The van der Waals surface area contributed by atoms with Crippen molar-refractivity contribution in [3.8, 4) is 0 Å². The molecule has 0 aliphatic rings. The molecule has 0 saturated heterocycles. The number of nitrogens with zero attached hydrogens (tertiary/aromatic N) is 2. The van der Waals surface area contributed by atoms with Gasteiger partial charge in [0.1, 0.15) is 0 Å². The molecule has 0 saturated carbocycles. The topological polar surface area (TPSA) is 88.3 Å². The van der Waals surface area contributed by atoms with Gasteiger partial charge in [-0.2, -0.15) is 0 Å². The van der Waals surface area contributed by atoms with Crippen LogP contribution >= 0.6 is 0 Å². The molecular weight excluding hydrogens is 270 g/mol. The fraction of sp³-hybridized carbons (Fsp3) is 0.400. The van der Waals surface area contributed by atoms with Crippen molar-refractivity contribution in [1.82, 2.24) is 4.98 Å². The molecule has 0 amide bonds. The number of aliphatic hydroxyl groups is 1. The number of nitrogens with one attached hydrogen (secondary N) is 1. The third-order valence-electron chi connectivity index (χ3n) is 3.25. The normalized spacial score (nSPS) is 12.3. The van der Waals surface area contributed by atoms with Crippen molar-refractivity contribution in [2.45, 2.75) is 32.8 Å². The summed E-state index contributed by atoms with van der Waals surface area (Å²) in [5, 5.41) is 24.2. The third kappa shape index (κ3) is 3.88. The number of nitro benzene ring substituents is 1. The molecule has 1 atom stereocenters. The van der Waals surface area contributed by atoms with Crippen LogP contribution < -0.4 is 5.32 Å². The smallest absolute Gasteiger partial charge is 0.270 e. The zero-order valence-corrected chi connectivity index (χ0v) is 12.2. The number of anilines is 1. The van der Waals surface area contributed by atoms with Crippen LogP contribution in [0.25, 0.3) is 10.9 Å². The first-order valence-electron chi connectivity index (χ1n) is 6.95. The van der Waals surface area contributed by atoms with Gasteiger partial charge in [0.05, 0.1) is 16.5 Å². The standard InChI is InChI=1S/C15H19N3O3/c1-10-8-15(16-7-3-4-11(2)19)13-9-12(18(20)21)5-6-14(13)17-10/h5-6,8-9,11,19H,3-4,7H2,1-2H3,(H,16,17). The van der Waals surface area contributed by atoms with Crippen LogP contribution in [0, 0.1) is 17.0 Å². The summed E-state index contributed by atoms with van der Waals surface area (Å²) >= 11 is 0. The molecule has 112 valence electrons. The minimum Gasteiger partial charge on any atom is -0.393 e. The number of nitro groups is 1. The van der Waals surface area contributed by atoms with Crippen molar-refractivity contribution in [1.29, 1.82) is 0 Å². The first-order valence-corrected chi connectivity index (χ1v) is 6.95. The minimum absolute atomic E-state index is 0.0557. The van der Waals surface area contributed by atoms with Gasteiger partial charge in [-0.15, -0.1) is 0 Å². The Bertz CT molecular complexity index is 656. The molecule has 1 aromatic carbocycles. The lowest BCUT2D eigenvalue weighted by atomic mass is 10.1. The van der Waals surface area contributed by atoms with Gasteiger partial charge < -0.3 is 10.4 Å². The number of rotatable bonds is 6. The van der Waals surface area contributed by atoms with Crippen LogP contribution in [0.5, 0.6) is 0 Å². The number of non-ortho nitro benzene ring substituents is 1. The Morgan fingerprint density at radius 1 is 1.43 bits per heavy atom. The molecule has 6 heteroatoms. The molecule has 2 rings (SSSR count). The zero-order valence-electron chi connectivity index (χ0n) is 12.2. The SMILES string of the molecule is Cc1cc(NCCCC(C)O)c2cc([N+](=O)[O-])ccc2n1. The molecule has 0 spiro atoms. The van der Waals surface area contributed by atoms with Crippen LogP contribution in [-0.2, 0) is 0 Å². The van der Waals surface area contributed by atoms with E-state index in [1.54, 1.807) is 19.1 Å². The molecule has 2 N–H and O–H groups in total. The second-order valence-corrected chi connectivity index (χ2v) is 5.19. The Labute approximate surface area is 123 Å². The number of aliphatic hydroxyl groups excluding tert-OH is 1. The van der Waals surface area contributed by atoms with E-state index in [2.05, 4.69) is 10.3 Å². The molecule has 0 aliphatic heterocycles. The fourth-order valence-electron chi connectivity index (χ4n) is 2.23. The van der Waals surface area contributed by atoms with Crippen molar-refractivity contribution in [3.63, 3.8) is 0 Å². The summed E-state index contributed by atoms with van der Waals surface area (Å²) in [7, 11) is 0. The Morgan fingerprint density at radius 2 is 2.19 bits per heavy atom. The fourth-order valence-corrected chi connectivity index (χ4v) is 2.23. The van der Waals surface area contributed by atoms with Gasteiger partial charge in [-0.1, -0.05) is 0 Å². The molecule has 21 heavy (non-hydrogen) atoms. The van der Waals surface area contributed by atoms with Gasteiger partial charge in [0, 0.05) is 35.4 Å². The molecule has 2 aromatic rings. The second kappa shape index (κ2) is 6.49. The first kappa shape index (κ1) is 15.2. The Balaban J connectivity index is 2.27. The zero-order chi connectivity index (χ0) is 15.4. The lowest BCUT2D eigenvalue weighted by Gasteiger charge is -2.11. The number of fused-ring (bicyclic) bond motifs is 1. The molecular formula is C15H19N3O3. The van der Waals surface area contributed by atoms with Crippen LogP contribution in [0.1, 0.15) is 25.5 Å². The van der Waals surface area contributed by atoms with Crippen molar-refractivity contribution >= 4 is 22.3 Å². The van der Waals surface area contributed by atoms with E-state index in [1.807, 2.05) is 13.0 Å². The summed E-state index contributed by atoms with van der Waals surface area (Å²) in [5.74, 6) is 0. The van der Waals surface area contributed by atoms with E-state index < -0.39 is 4.92 Å². The minimum atomic E-state index is -0.406. The lowest BCUT2D eigenvalue weighted by Crippen LogP contribution is -2.07. The number of benzene rings is 1. The van der Waals surface area contributed by atoms with Crippen molar-refractivity contribution in [3.05, 3.63) is 40.1 Å². The molecule has 6 nitrogen and oxygen atoms in total. The third-order valence-corrected chi connectivity index (χ3v) is 3.25. The highest BCUT2D eigenvalue weighted by atomic mass is 16.6. The van der Waals surface area contributed by atoms with Crippen LogP contribution in [0.3, 0.4) is 0 Å². The number of hydrogen-bond donors (Lipinski definition) is 2. The average Bonchev–Trinajstić information content (AvgIpc) is 2.42. The van der Waals surface area contributed by atoms with E-state index in [0.717, 1.165) is 35.1 Å². The molecule has 1 unspecified atom stereocenters. The quantitative estimate of drug-likeness (QED) is 0.485. The van der Waals surface area contributed by atoms with E-state index in [4.69, 9.17) is 0 Å². The molecule has 0 fully saturated rings. The van der Waals surface area contributed by atoms with Crippen LogP contribution in [0.15, 0.2) is 24.3 Å². The largest absolute Gasteiger partial charge is 0.393 e. The maximum atomic E-state index is 10.9. The van der Waals surface area contributed by atoms with Crippen LogP contribution in [0.4, 0.5) is 11.4 Å². The second-order valence-electron chi connectivity index (χ2n) is 5.19. The Morgan fingerprint density at radius 3 is 2.86 bits per heavy atom. The van der Waals surface area contributed by atoms with Crippen LogP contribution in [0.2, 0.25) is 0 Å². The summed E-state index contributed by atoms with van der Waals surface area (Å²) in [6.07, 6.45) is 1.23. The number of pyridine rings is 1. The highest BCUT2D eigenvalue weighted by molar-refractivity contribution is 5.93. The van der Waals surface area contributed by atoms with Gasteiger partial charge in [-0.3, -0.25) is 15.1 Å². The molecule has 0 radical (unpaired) electrons. The van der Waals surface area contributed by atoms with Crippen molar-refractivity contribution < 1.29 is 10.0 Å². The highest BCUT2D eigenvalue weighted by Crippen LogP contribution is 2.27. The maximum Gasteiger partial charge on any atom is 0.270 e.